The summed E-state index contributed by atoms with van der Waals surface area (Å²) in [5.41, 5.74) is 0.868. The topological polar surface area (TPSA) is 61.8 Å². The first-order chi connectivity index (χ1) is 14.8. The fourth-order valence-electron chi connectivity index (χ4n) is 3.85. The molecule has 0 bridgehead atoms. The van der Waals surface area contributed by atoms with Gasteiger partial charge in [-0.2, -0.15) is 4.98 Å². The fourth-order valence-corrected chi connectivity index (χ4v) is 3.85. The van der Waals surface area contributed by atoms with E-state index in [0.717, 1.165) is 12.0 Å². The normalized spacial score (nSPS) is 19.8. The van der Waals surface area contributed by atoms with Gasteiger partial charge >= 0.3 is 0 Å². The molecule has 0 aliphatic carbocycles. The van der Waals surface area contributed by atoms with Gasteiger partial charge in [0.1, 0.15) is 18.0 Å². The van der Waals surface area contributed by atoms with Gasteiger partial charge in [-0.25, -0.2) is 13.8 Å². The van der Waals surface area contributed by atoms with Crippen molar-refractivity contribution in [1.82, 2.24) is 14.9 Å². The highest BCUT2D eigenvalue weighted by Crippen LogP contribution is 2.27. The molecule has 2 aromatic rings. The summed E-state index contributed by atoms with van der Waals surface area (Å²) in [5.74, 6) is 0.609. The van der Waals surface area contributed by atoms with E-state index in [1.165, 1.54) is 6.20 Å². The second-order valence-corrected chi connectivity index (χ2v) is 8.34. The van der Waals surface area contributed by atoms with Gasteiger partial charge in [-0.05, 0) is 24.6 Å². The van der Waals surface area contributed by atoms with Gasteiger partial charge in [-0.1, -0.05) is 12.1 Å². The molecule has 1 aromatic heterocycles. The Hall–Kier alpha value is -2.97. The number of benzene rings is 1. The molecule has 3 heterocycles. The van der Waals surface area contributed by atoms with Crippen LogP contribution in [0.25, 0.3) is 0 Å². The fraction of sp³-hybridized carbons (Fsp3) is 0.500. The number of likely N-dealkylation sites (tertiary alicyclic amines) is 1. The number of carbonyl (C=O) groups excluding carboxylic acids is 1. The van der Waals surface area contributed by atoms with E-state index in [-0.39, 0.29) is 36.8 Å². The van der Waals surface area contributed by atoms with Crippen LogP contribution < -0.4 is 14.5 Å². The number of ether oxygens (including phenoxy) is 1. The number of hydrogen-bond donors (Lipinski definition) is 0. The molecule has 1 aromatic carbocycles. The molecular weight excluding hydrogens is 404 g/mol. The van der Waals surface area contributed by atoms with Crippen molar-refractivity contribution in [2.24, 2.45) is 0 Å². The van der Waals surface area contributed by atoms with Crippen LogP contribution in [0.3, 0.4) is 0 Å². The van der Waals surface area contributed by atoms with Crippen LogP contribution in [-0.4, -0.2) is 73.3 Å². The van der Waals surface area contributed by atoms with Gasteiger partial charge in [0.25, 0.3) is 0 Å². The van der Waals surface area contributed by atoms with Crippen molar-refractivity contribution in [3.05, 3.63) is 41.8 Å². The molecule has 2 aliphatic rings. The molecule has 2 aliphatic heterocycles. The van der Waals surface area contributed by atoms with Crippen LogP contribution in [-0.2, 0) is 4.79 Å². The van der Waals surface area contributed by atoms with Crippen LogP contribution in [0, 0.1) is 5.82 Å². The lowest BCUT2D eigenvalue weighted by Crippen LogP contribution is -2.52. The summed E-state index contributed by atoms with van der Waals surface area (Å²) in [7, 11) is 3.62. The number of alkyl halides is 1. The van der Waals surface area contributed by atoms with E-state index in [9.17, 15) is 13.6 Å². The first-order valence-electron chi connectivity index (χ1n) is 10.5. The van der Waals surface area contributed by atoms with Crippen molar-refractivity contribution in [3.63, 3.8) is 0 Å². The summed E-state index contributed by atoms with van der Waals surface area (Å²) in [6.45, 7) is 3.37. The standard InChI is InChI=1S/C22H27F2N5O2/c1-14(21(30)29-11-16(23)12-29)15-4-6-17(7-5-15)31-18-8-9-28(13-18)20-19(24)10-25-22(26-20)27(2)3/h4-7,10,14,16,18H,8-9,11-13H2,1-3H3. The second kappa shape index (κ2) is 8.64. The minimum absolute atomic E-state index is 0.0574. The zero-order valence-corrected chi connectivity index (χ0v) is 18.0. The minimum atomic E-state index is -0.900. The smallest absolute Gasteiger partial charge is 0.230 e. The molecule has 2 unspecified atom stereocenters. The third kappa shape index (κ3) is 4.55. The summed E-state index contributed by atoms with van der Waals surface area (Å²) in [6.07, 6.45) is 0.949. The lowest BCUT2D eigenvalue weighted by Gasteiger charge is -2.36. The predicted molar refractivity (Wildman–Crippen MR) is 114 cm³/mol. The minimum Gasteiger partial charge on any atom is -0.489 e. The first kappa shape index (κ1) is 21.3. The Kier molecular flexibility index (Phi) is 5.93. The lowest BCUT2D eigenvalue weighted by molar-refractivity contribution is -0.139. The molecule has 0 saturated carbocycles. The van der Waals surface area contributed by atoms with Crippen molar-refractivity contribution in [3.8, 4) is 5.75 Å². The van der Waals surface area contributed by atoms with Crippen LogP contribution in [0.15, 0.2) is 30.5 Å². The van der Waals surface area contributed by atoms with E-state index in [4.69, 9.17) is 4.74 Å². The Morgan fingerprint density at radius 3 is 2.58 bits per heavy atom. The number of anilines is 2. The van der Waals surface area contributed by atoms with Crippen molar-refractivity contribution < 1.29 is 18.3 Å². The highest BCUT2D eigenvalue weighted by Gasteiger charge is 2.33. The molecule has 2 fully saturated rings. The van der Waals surface area contributed by atoms with E-state index in [1.807, 2.05) is 50.2 Å². The maximum Gasteiger partial charge on any atom is 0.230 e. The molecular formula is C22H27F2N5O2. The highest BCUT2D eigenvalue weighted by molar-refractivity contribution is 5.84. The quantitative estimate of drug-likeness (QED) is 0.701. The summed E-state index contributed by atoms with van der Waals surface area (Å²) in [4.78, 5) is 25.8. The van der Waals surface area contributed by atoms with Gasteiger partial charge in [0.05, 0.1) is 31.7 Å². The Bertz CT molecular complexity index is 934. The maximum absolute atomic E-state index is 14.3. The molecule has 2 saturated heterocycles. The SMILES string of the molecule is CC(C(=O)N1CC(F)C1)c1ccc(OC2CCN(c3nc(N(C)C)ncc3F)C2)cc1. The number of aromatic nitrogens is 2. The molecule has 7 nitrogen and oxygen atoms in total. The monoisotopic (exact) mass is 431 g/mol. The van der Waals surface area contributed by atoms with E-state index >= 15 is 0 Å². The van der Waals surface area contributed by atoms with Gasteiger partial charge in [-0.15, -0.1) is 0 Å². The van der Waals surface area contributed by atoms with Crippen LogP contribution >= 0.6 is 0 Å². The van der Waals surface area contributed by atoms with Crippen molar-refractivity contribution in [2.45, 2.75) is 31.5 Å². The summed E-state index contributed by atoms with van der Waals surface area (Å²) in [5, 5.41) is 0. The molecule has 9 heteroatoms. The Morgan fingerprint density at radius 1 is 1.23 bits per heavy atom. The van der Waals surface area contributed by atoms with Crippen molar-refractivity contribution >= 4 is 17.7 Å². The number of halogens is 2. The van der Waals surface area contributed by atoms with Crippen LogP contribution in [0.1, 0.15) is 24.8 Å². The molecule has 31 heavy (non-hydrogen) atoms. The number of rotatable bonds is 6. The molecule has 0 spiro atoms. The summed E-state index contributed by atoms with van der Waals surface area (Å²) >= 11 is 0. The molecule has 1 amide bonds. The molecule has 0 N–H and O–H groups in total. The van der Waals surface area contributed by atoms with E-state index < -0.39 is 12.0 Å². The van der Waals surface area contributed by atoms with Gasteiger partial charge < -0.3 is 19.4 Å². The van der Waals surface area contributed by atoms with E-state index in [0.29, 0.717) is 24.8 Å². The van der Waals surface area contributed by atoms with E-state index in [1.54, 1.807) is 9.80 Å². The number of amides is 1. The molecule has 4 rings (SSSR count). The number of carbonyl (C=O) groups is 1. The largest absolute Gasteiger partial charge is 0.489 e. The van der Waals surface area contributed by atoms with Crippen molar-refractivity contribution in [2.75, 3.05) is 50.1 Å². The van der Waals surface area contributed by atoms with E-state index in [2.05, 4.69) is 9.97 Å². The third-order valence-electron chi connectivity index (χ3n) is 5.76. The Labute approximate surface area is 180 Å². The Morgan fingerprint density at radius 2 is 1.94 bits per heavy atom. The molecule has 2 atom stereocenters. The summed E-state index contributed by atoms with van der Waals surface area (Å²) < 4.78 is 33.3. The van der Waals surface area contributed by atoms with Gasteiger partial charge in [0.2, 0.25) is 11.9 Å². The molecule has 166 valence electrons. The van der Waals surface area contributed by atoms with Crippen molar-refractivity contribution in [1.29, 1.82) is 0 Å². The van der Waals surface area contributed by atoms with Crippen LogP contribution in [0.2, 0.25) is 0 Å². The Balaban J connectivity index is 1.35. The lowest BCUT2D eigenvalue weighted by atomic mass is 9.98. The van der Waals surface area contributed by atoms with Gasteiger partial charge in [0, 0.05) is 27.1 Å². The number of hydrogen-bond acceptors (Lipinski definition) is 6. The van der Waals surface area contributed by atoms with Gasteiger partial charge in [0.15, 0.2) is 11.6 Å². The average Bonchev–Trinajstić information content (AvgIpc) is 3.19. The van der Waals surface area contributed by atoms with Gasteiger partial charge in [-0.3, -0.25) is 4.79 Å². The average molecular weight is 431 g/mol. The predicted octanol–water partition coefficient (Wildman–Crippen LogP) is 2.62. The number of nitrogens with zero attached hydrogens (tertiary/aromatic N) is 5. The van der Waals surface area contributed by atoms with Crippen LogP contribution in [0.4, 0.5) is 20.5 Å². The highest BCUT2D eigenvalue weighted by atomic mass is 19.1. The third-order valence-corrected chi connectivity index (χ3v) is 5.76. The zero-order chi connectivity index (χ0) is 22.1. The maximum atomic E-state index is 14.3. The zero-order valence-electron chi connectivity index (χ0n) is 18.0. The second-order valence-electron chi connectivity index (χ2n) is 8.34. The first-order valence-corrected chi connectivity index (χ1v) is 10.5. The molecule has 0 radical (unpaired) electrons. The van der Waals surface area contributed by atoms with Crippen LogP contribution in [0.5, 0.6) is 5.75 Å². The summed E-state index contributed by atoms with van der Waals surface area (Å²) in [6, 6.07) is 7.41.